The fourth-order valence-electron chi connectivity index (χ4n) is 5.47. The topological polar surface area (TPSA) is 46.0 Å². The van der Waals surface area contributed by atoms with Crippen LogP contribution in [0.15, 0.2) is 36.2 Å². The first-order chi connectivity index (χ1) is 15.1. The fraction of sp³-hybridized carbons (Fsp3) is 0.643. The van der Waals surface area contributed by atoms with Gasteiger partial charge in [-0.2, -0.15) is 0 Å². The summed E-state index contributed by atoms with van der Waals surface area (Å²) in [5.74, 6) is 3.90. The van der Waals surface area contributed by atoms with Crippen molar-refractivity contribution >= 4 is 11.6 Å². The minimum Gasteiger partial charge on any atom is -0.396 e. The molecule has 1 aromatic heterocycles. The first kappa shape index (κ1) is 23.9. The molecule has 1 aromatic rings. The molecule has 0 saturated heterocycles. The highest BCUT2D eigenvalue weighted by atomic mass is 16.3. The molecule has 0 spiro atoms. The van der Waals surface area contributed by atoms with Crippen molar-refractivity contribution in [1.29, 1.82) is 0 Å². The Morgan fingerprint density at radius 2 is 1.87 bits per heavy atom. The third-order valence-electron chi connectivity index (χ3n) is 7.36. The number of hydrogen-bond acceptors (Lipinski definition) is 3. The maximum atomic E-state index is 9.16. The molecule has 0 radical (unpaired) electrons. The molecular formula is C28H42N2O. The van der Waals surface area contributed by atoms with Crippen LogP contribution in [-0.4, -0.2) is 21.7 Å². The van der Waals surface area contributed by atoms with Gasteiger partial charge in [-0.15, -0.1) is 0 Å². The van der Waals surface area contributed by atoms with Gasteiger partial charge in [0.25, 0.3) is 0 Å². The highest BCUT2D eigenvalue weighted by molar-refractivity contribution is 5.65. The van der Waals surface area contributed by atoms with Gasteiger partial charge in [0.1, 0.15) is 0 Å². The Morgan fingerprint density at radius 1 is 1.13 bits per heavy atom. The number of hydrogen-bond donors (Lipinski definition) is 1. The van der Waals surface area contributed by atoms with E-state index in [4.69, 9.17) is 5.11 Å². The molecule has 1 fully saturated rings. The van der Waals surface area contributed by atoms with E-state index in [1.165, 1.54) is 74.5 Å². The zero-order valence-electron chi connectivity index (χ0n) is 19.9. The van der Waals surface area contributed by atoms with Gasteiger partial charge < -0.3 is 5.11 Å². The van der Waals surface area contributed by atoms with Gasteiger partial charge in [-0.1, -0.05) is 63.3 Å². The summed E-state index contributed by atoms with van der Waals surface area (Å²) in [6.07, 6.45) is 25.7. The van der Waals surface area contributed by atoms with Gasteiger partial charge in [-0.25, -0.2) is 9.97 Å². The van der Waals surface area contributed by atoms with Crippen LogP contribution in [-0.2, 0) is 0 Å². The summed E-state index contributed by atoms with van der Waals surface area (Å²) in [7, 11) is 0. The van der Waals surface area contributed by atoms with Crippen LogP contribution in [0.5, 0.6) is 0 Å². The van der Waals surface area contributed by atoms with Crippen LogP contribution in [0.25, 0.3) is 11.6 Å². The Morgan fingerprint density at radius 3 is 2.48 bits per heavy atom. The molecular weight excluding hydrogens is 380 g/mol. The molecule has 0 bridgehead atoms. The van der Waals surface area contributed by atoms with Crippen molar-refractivity contribution in [3.63, 3.8) is 0 Å². The zero-order valence-corrected chi connectivity index (χ0v) is 19.9. The SMILES string of the molecule is CCCC1CCC(C2CC=C(c3cnc(/C=C/C=C(\C)CC(C)CO)nc3)CC2)CC1. The summed E-state index contributed by atoms with van der Waals surface area (Å²) < 4.78 is 0. The van der Waals surface area contributed by atoms with Crippen LogP contribution in [0.2, 0.25) is 0 Å². The first-order valence-electron chi connectivity index (χ1n) is 12.5. The lowest BCUT2D eigenvalue weighted by molar-refractivity contribution is 0.189. The predicted octanol–water partition coefficient (Wildman–Crippen LogP) is 7.24. The average Bonchev–Trinajstić information content (AvgIpc) is 2.80. The minimum absolute atomic E-state index is 0.232. The second kappa shape index (κ2) is 12.3. The maximum Gasteiger partial charge on any atom is 0.151 e. The molecule has 1 saturated carbocycles. The van der Waals surface area contributed by atoms with Crippen molar-refractivity contribution in [3.05, 3.63) is 47.6 Å². The first-order valence-corrected chi connectivity index (χ1v) is 12.5. The quantitative estimate of drug-likeness (QED) is 0.426. The molecule has 0 aromatic carbocycles. The van der Waals surface area contributed by atoms with Crippen molar-refractivity contribution in [2.45, 2.75) is 85.0 Å². The maximum absolute atomic E-state index is 9.16. The van der Waals surface area contributed by atoms with Crippen LogP contribution in [0.3, 0.4) is 0 Å². The molecule has 31 heavy (non-hydrogen) atoms. The van der Waals surface area contributed by atoms with E-state index in [9.17, 15) is 0 Å². The monoisotopic (exact) mass is 422 g/mol. The van der Waals surface area contributed by atoms with Crippen LogP contribution >= 0.6 is 0 Å². The van der Waals surface area contributed by atoms with E-state index in [1.807, 2.05) is 24.5 Å². The molecule has 1 heterocycles. The van der Waals surface area contributed by atoms with Gasteiger partial charge in [0.2, 0.25) is 0 Å². The van der Waals surface area contributed by atoms with Crippen LogP contribution in [0.4, 0.5) is 0 Å². The fourth-order valence-corrected chi connectivity index (χ4v) is 5.47. The highest BCUT2D eigenvalue weighted by Crippen LogP contribution is 2.41. The van der Waals surface area contributed by atoms with Crippen molar-refractivity contribution < 1.29 is 5.11 Å². The van der Waals surface area contributed by atoms with Gasteiger partial charge in [0.05, 0.1) is 0 Å². The van der Waals surface area contributed by atoms with Gasteiger partial charge in [0, 0.05) is 24.6 Å². The predicted molar refractivity (Wildman–Crippen MR) is 131 cm³/mol. The van der Waals surface area contributed by atoms with Crippen molar-refractivity contribution in [2.24, 2.45) is 23.7 Å². The summed E-state index contributed by atoms with van der Waals surface area (Å²) in [6, 6.07) is 0. The molecule has 0 amide bonds. The second-order valence-electron chi connectivity index (χ2n) is 10.0. The average molecular weight is 423 g/mol. The summed E-state index contributed by atoms with van der Waals surface area (Å²) in [5, 5.41) is 9.16. The lowest BCUT2D eigenvalue weighted by Gasteiger charge is -2.35. The molecule has 170 valence electrons. The lowest BCUT2D eigenvalue weighted by atomic mass is 9.70. The van der Waals surface area contributed by atoms with Crippen molar-refractivity contribution in [1.82, 2.24) is 9.97 Å². The Labute approximate surface area is 189 Å². The van der Waals surface area contributed by atoms with E-state index in [2.05, 4.69) is 42.9 Å². The van der Waals surface area contributed by atoms with Crippen molar-refractivity contribution in [3.8, 4) is 0 Å². The molecule has 3 rings (SSSR count). The molecule has 2 aliphatic rings. The van der Waals surface area contributed by atoms with Gasteiger partial charge in [-0.3, -0.25) is 0 Å². The zero-order chi connectivity index (χ0) is 22.1. The van der Waals surface area contributed by atoms with E-state index >= 15 is 0 Å². The number of rotatable bonds is 9. The number of nitrogens with zero attached hydrogens (tertiary/aromatic N) is 2. The lowest BCUT2D eigenvalue weighted by Crippen LogP contribution is -2.23. The van der Waals surface area contributed by atoms with Gasteiger partial charge in [-0.05, 0) is 80.8 Å². The molecule has 2 atom stereocenters. The Hall–Kier alpha value is -1.74. The smallest absolute Gasteiger partial charge is 0.151 e. The summed E-state index contributed by atoms with van der Waals surface area (Å²) in [4.78, 5) is 9.11. The molecule has 3 nitrogen and oxygen atoms in total. The van der Waals surface area contributed by atoms with E-state index in [0.29, 0.717) is 5.92 Å². The molecule has 0 aliphatic heterocycles. The van der Waals surface area contributed by atoms with E-state index < -0.39 is 0 Å². The molecule has 2 aliphatic carbocycles. The Kier molecular flexibility index (Phi) is 9.52. The van der Waals surface area contributed by atoms with Crippen LogP contribution in [0.1, 0.15) is 96.4 Å². The number of aliphatic hydroxyl groups is 1. The number of aromatic nitrogens is 2. The number of aliphatic hydroxyl groups excluding tert-OH is 1. The van der Waals surface area contributed by atoms with E-state index in [1.54, 1.807) is 0 Å². The van der Waals surface area contributed by atoms with E-state index in [0.717, 1.165) is 30.0 Å². The largest absolute Gasteiger partial charge is 0.396 e. The summed E-state index contributed by atoms with van der Waals surface area (Å²) in [5.41, 5.74) is 3.88. The minimum atomic E-state index is 0.232. The standard InChI is InChI=1S/C28H42N2O/c1-4-6-23-9-11-24(12-10-23)25-13-15-26(16-14-25)27-18-29-28(30-19-27)8-5-7-21(2)17-22(3)20-31/h5,7-8,15,18-19,22-25,31H,4,6,9-14,16-17,20H2,1-3H3/b8-5+,21-7+. The van der Waals surface area contributed by atoms with Gasteiger partial charge in [0.15, 0.2) is 5.82 Å². The van der Waals surface area contributed by atoms with E-state index in [-0.39, 0.29) is 6.61 Å². The van der Waals surface area contributed by atoms with Crippen LogP contribution < -0.4 is 0 Å². The summed E-state index contributed by atoms with van der Waals surface area (Å²) >= 11 is 0. The number of allylic oxidation sites excluding steroid dienone is 5. The summed E-state index contributed by atoms with van der Waals surface area (Å²) in [6.45, 7) is 6.71. The second-order valence-corrected chi connectivity index (χ2v) is 10.0. The molecule has 3 heteroatoms. The highest BCUT2D eigenvalue weighted by Gasteiger charge is 2.28. The normalized spacial score (nSPS) is 26.1. The van der Waals surface area contributed by atoms with Gasteiger partial charge >= 0.3 is 0 Å². The molecule has 2 unspecified atom stereocenters. The third kappa shape index (κ3) is 7.42. The Balaban J connectivity index is 1.49. The van der Waals surface area contributed by atoms with Crippen LogP contribution in [0, 0.1) is 23.7 Å². The Bertz CT molecular complexity index is 754. The third-order valence-corrected chi connectivity index (χ3v) is 7.36. The molecule has 1 N–H and O–H groups in total. The van der Waals surface area contributed by atoms with Crippen molar-refractivity contribution in [2.75, 3.05) is 6.61 Å².